The van der Waals surface area contributed by atoms with Gasteiger partial charge in [0, 0.05) is 26.4 Å². The summed E-state index contributed by atoms with van der Waals surface area (Å²) in [6, 6.07) is 3.90. The molecule has 0 radical (unpaired) electrons. The Balaban J connectivity index is 1.71. The molecule has 2 aromatic rings. The fourth-order valence-electron chi connectivity index (χ4n) is 2.74. The Morgan fingerprint density at radius 2 is 2.04 bits per heavy atom. The van der Waals surface area contributed by atoms with E-state index in [1.54, 1.807) is 19.4 Å². The molecule has 7 nitrogen and oxygen atoms in total. The highest BCUT2D eigenvalue weighted by atomic mass is 19.4. The fourth-order valence-corrected chi connectivity index (χ4v) is 2.74. The SMILES string of the molecule is CO[C@@H]1CN(c2ccnc(N)n2)C[C@@H]1Nc1ccc(C(F)(F)F)nc1. The van der Waals surface area contributed by atoms with Crippen LogP contribution in [0.3, 0.4) is 0 Å². The van der Waals surface area contributed by atoms with E-state index in [-0.39, 0.29) is 18.1 Å². The number of anilines is 3. The first kappa shape index (κ1) is 17.2. The molecule has 0 aliphatic carbocycles. The molecule has 0 unspecified atom stereocenters. The van der Waals surface area contributed by atoms with Crippen LogP contribution in [-0.2, 0) is 10.9 Å². The molecule has 3 N–H and O–H groups in total. The number of nitrogens with zero attached hydrogens (tertiary/aromatic N) is 4. The number of pyridine rings is 1. The largest absolute Gasteiger partial charge is 0.433 e. The summed E-state index contributed by atoms with van der Waals surface area (Å²) in [4.78, 5) is 13.5. The van der Waals surface area contributed by atoms with Crippen LogP contribution in [0.5, 0.6) is 0 Å². The van der Waals surface area contributed by atoms with Gasteiger partial charge in [0.05, 0.1) is 24.0 Å². The molecule has 1 saturated heterocycles. The van der Waals surface area contributed by atoms with Crippen LogP contribution < -0.4 is 16.0 Å². The Kier molecular flexibility index (Phi) is 4.62. The van der Waals surface area contributed by atoms with Crippen LogP contribution >= 0.6 is 0 Å². The first-order chi connectivity index (χ1) is 11.9. The van der Waals surface area contributed by atoms with Gasteiger partial charge in [0.25, 0.3) is 0 Å². The zero-order chi connectivity index (χ0) is 18.0. The number of ether oxygens (including phenoxy) is 1. The maximum Gasteiger partial charge on any atom is 0.433 e. The number of rotatable bonds is 4. The molecular formula is C15H17F3N6O. The summed E-state index contributed by atoms with van der Waals surface area (Å²) in [5.74, 6) is 0.846. The molecule has 10 heteroatoms. The molecule has 3 heterocycles. The molecule has 0 aromatic carbocycles. The summed E-state index contributed by atoms with van der Waals surface area (Å²) in [7, 11) is 1.59. The van der Waals surface area contributed by atoms with Crippen molar-refractivity contribution in [3.05, 3.63) is 36.3 Å². The van der Waals surface area contributed by atoms with E-state index in [9.17, 15) is 13.2 Å². The molecule has 3 rings (SSSR count). The van der Waals surface area contributed by atoms with Gasteiger partial charge in [-0.25, -0.2) is 9.97 Å². The van der Waals surface area contributed by atoms with E-state index in [1.807, 2.05) is 4.90 Å². The second kappa shape index (κ2) is 6.71. The summed E-state index contributed by atoms with van der Waals surface area (Å²) < 4.78 is 43.2. The Hall–Kier alpha value is -2.62. The molecule has 1 aliphatic heterocycles. The molecule has 2 aromatic heterocycles. The monoisotopic (exact) mass is 354 g/mol. The van der Waals surface area contributed by atoms with Crippen LogP contribution in [0.4, 0.5) is 30.6 Å². The maximum atomic E-state index is 12.6. The summed E-state index contributed by atoms with van der Waals surface area (Å²) in [6.45, 7) is 1.12. The van der Waals surface area contributed by atoms with Gasteiger partial charge in [-0.1, -0.05) is 0 Å². The molecule has 25 heavy (non-hydrogen) atoms. The van der Waals surface area contributed by atoms with Crippen LogP contribution in [-0.4, -0.2) is 47.3 Å². The van der Waals surface area contributed by atoms with Crippen molar-refractivity contribution in [2.24, 2.45) is 0 Å². The molecule has 2 atom stereocenters. The number of alkyl halides is 3. The molecule has 0 bridgehead atoms. The third-order valence-electron chi connectivity index (χ3n) is 3.96. The van der Waals surface area contributed by atoms with E-state index in [0.717, 1.165) is 6.07 Å². The minimum Gasteiger partial charge on any atom is -0.377 e. The van der Waals surface area contributed by atoms with Crippen LogP contribution in [0.1, 0.15) is 5.69 Å². The number of halogens is 3. The molecule has 0 spiro atoms. The highest BCUT2D eigenvalue weighted by Gasteiger charge is 2.35. The average Bonchev–Trinajstić information content (AvgIpc) is 2.97. The highest BCUT2D eigenvalue weighted by Crippen LogP contribution is 2.28. The smallest absolute Gasteiger partial charge is 0.377 e. The van der Waals surface area contributed by atoms with Crippen LogP contribution in [0.25, 0.3) is 0 Å². The van der Waals surface area contributed by atoms with Gasteiger partial charge in [0.15, 0.2) is 0 Å². The van der Waals surface area contributed by atoms with Gasteiger partial charge in [-0.15, -0.1) is 0 Å². The lowest BCUT2D eigenvalue weighted by molar-refractivity contribution is -0.141. The van der Waals surface area contributed by atoms with E-state index in [4.69, 9.17) is 10.5 Å². The van der Waals surface area contributed by atoms with Crippen molar-refractivity contribution in [2.75, 3.05) is 36.1 Å². The molecular weight excluding hydrogens is 337 g/mol. The zero-order valence-corrected chi connectivity index (χ0v) is 13.4. The molecule has 0 amide bonds. The Labute approximate surface area is 142 Å². The first-order valence-corrected chi connectivity index (χ1v) is 7.53. The van der Waals surface area contributed by atoms with E-state index < -0.39 is 11.9 Å². The number of hydrogen-bond acceptors (Lipinski definition) is 7. The van der Waals surface area contributed by atoms with Gasteiger partial charge < -0.3 is 20.7 Å². The number of aromatic nitrogens is 3. The Bertz CT molecular complexity index is 724. The van der Waals surface area contributed by atoms with E-state index in [1.165, 1.54) is 12.3 Å². The third-order valence-corrected chi connectivity index (χ3v) is 3.96. The second-order valence-corrected chi connectivity index (χ2v) is 5.63. The lowest BCUT2D eigenvalue weighted by atomic mass is 10.2. The number of nitrogens with two attached hydrogens (primary N) is 1. The van der Waals surface area contributed by atoms with Crippen molar-refractivity contribution in [2.45, 2.75) is 18.3 Å². The lowest BCUT2D eigenvalue weighted by Gasteiger charge is -2.19. The van der Waals surface area contributed by atoms with Crippen molar-refractivity contribution in [3.8, 4) is 0 Å². The minimum absolute atomic E-state index is 0.139. The van der Waals surface area contributed by atoms with Crippen molar-refractivity contribution in [3.63, 3.8) is 0 Å². The van der Waals surface area contributed by atoms with Gasteiger partial charge in [-0.3, -0.25) is 0 Å². The second-order valence-electron chi connectivity index (χ2n) is 5.63. The third kappa shape index (κ3) is 3.90. The first-order valence-electron chi connectivity index (χ1n) is 7.53. The Morgan fingerprint density at radius 1 is 1.24 bits per heavy atom. The van der Waals surface area contributed by atoms with Gasteiger partial charge in [0.1, 0.15) is 11.5 Å². The quantitative estimate of drug-likeness (QED) is 0.865. The molecule has 1 fully saturated rings. The zero-order valence-electron chi connectivity index (χ0n) is 13.4. The predicted octanol–water partition coefficient (Wildman–Crippen LogP) is 1.79. The van der Waals surface area contributed by atoms with E-state index in [0.29, 0.717) is 24.6 Å². The topological polar surface area (TPSA) is 89.2 Å². The number of nitrogen functional groups attached to an aromatic ring is 1. The van der Waals surface area contributed by atoms with Gasteiger partial charge in [0.2, 0.25) is 5.95 Å². The summed E-state index contributed by atoms with van der Waals surface area (Å²) in [5.41, 5.74) is 5.17. The van der Waals surface area contributed by atoms with Gasteiger partial charge in [-0.2, -0.15) is 18.2 Å². The number of methoxy groups -OCH3 is 1. The molecule has 134 valence electrons. The lowest BCUT2D eigenvalue weighted by Crippen LogP contribution is -2.33. The van der Waals surface area contributed by atoms with Crippen molar-refractivity contribution in [1.29, 1.82) is 0 Å². The van der Waals surface area contributed by atoms with Crippen LogP contribution in [0, 0.1) is 0 Å². The summed E-state index contributed by atoms with van der Waals surface area (Å²) >= 11 is 0. The van der Waals surface area contributed by atoms with Gasteiger partial charge in [-0.05, 0) is 18.2 Å². The number of nitrogens with one attached hydrogen (secondary N) is 1. The summed E-state index contributed by atoms with van der Waals surface area (Å²) in [6.07, 6.45) is -1.88. The van der Waals surface area contributed by atoms with Crippen molar-refractivity contribution < 1.29 is 17.9 Å². The van der Waals surface area contributed by atoms with Crippen molar-refractivity contribution in [1.82, 2.24) is 15.0 Å². The Morgan fingerprint density at radius 3 is 2.64 bits per heavy atom. The predicted molar refractivity (Wildman–Crippen MR) is 86.1 cm³/mol. The fraction of sp³-hybridized carbons (Fsp3) is 0.400. The standard InChI is InChI=1S/C15H17F3N6O/c1-25-11-8-24(13-4-5-20-14(19)23-13)7-10(11)22-9-2-3-12(21-6-9)15(16,17)18/h2-6,10-11,22H,7-8H2,1H3,(H2,19,20,23)/t10-,11+/m0/s1. The normalized spacial score (nSPS) is 20.7. The van der Waals surface area contributed by atoms with Crippen LogP contribution in [0.2, 0.25) is 0 Å². The minimum atomic E-state index is -4.45. The molecule has 1 aliphatic rings. The molecule has 0 saturated carbocycles. The van der Waals surface area contributed by atoms with E-state index >= 15 is 0 Å². The highest BCUT2D eigenvalue weighted by molar-refractivity contribution is 5.47. The van der Waals surface area contributed by atoms with Gasteiger partial charge >= 0.3 is 6.18 Å². The summed E-state index contributed by atoms with van der Waals surface area (Å²) in [5, 5.41) is 3.16. The van der Waals surface area contributed by atoms with Crippen LogP contribution in [0.15, 0.2) is 30.6 Å². The average molecular weight is 354 g/mol. The number of hydrogen-bond donors (Lipinski definition) is 2. The van der Waals surface area contributed by atoms with E-state index in [2.05, 4.69) is 20.3 Å². The van der Waals surface area contributed by atoms with Crippen molar-refractivity contribution >= 4 is 17.5 Å². The maximum absolute atomic E-state index is 12.6.